The van der Waals surface area contributed by atoms with Crippen molar-refractivity contribution < 1.29 is 12.8 Å². The summed E-state index contributed by atoms with van der Waals surface area (Å²) in [6, 6.07) is 10.5. The van der Waals surface area contributed by atoms with Gasteiger partial charge in [0, 0.05) is 6.42 Å². The van der Waals surface area contributed by atoms with Crippen molar-refractivity contribution in [1.29, 1.82) is 5.26 Å². The van der Waals surface area contributed by atoms with Crippen molar-refractivity contribution in [1.82, 2.24) is 0 Å². The van der Waals surface area contributed by atoms with Crippen LogP contribution in [0.1, 0.15) is 12.8 Å². The smallest absolute Gasteiger partial charge is 0.241 e. The normalized spacial score (nSPS) is 22.5. The van der Waals surface area contributed by atoms with Crippen LogP contribution in [0.4, 0.5) is 0 Å². The van der Waals surface area contributed by atoms with Gasteiger partial charge in [-0.2, -0.15) is 5.26 Å². The highest BCUT2D eigenvalue weighted by Gasteiger charge is 2.38. The van der Waals surface area contributed by atoms with Gasteiger partial charge < -0.3 is 4.43 Å². The molecular formula is C16H21NO3SSi. The van der Waals surface area contributed by atoms with Crippen molar-refractivity contribution in [2.24, 2.45) is 5.92 Å². The molecule has 0 radical (unpaired) electrons. The molecule has 0 unspecified atom stereocenters. The topological polar surface area (TPSA) is 67.2 Å². The molecule has 1 aromatic rings. The number of nitriles is 1. The van der Waals surface area contributed by atoms with Gasteiger partial charge in [0.05, 0.1) is 27.9 Å². The van der Waals surface area contributed by atoms with Crippen LogP contribution >= 0.6 is 0 Å². The lowest BCUT2D eigenvalue weighted by Crippen LogP contribution is -2.34. The van der Waals surface area contributed by atoms with E-state index in [1.54, 1.807) is 30.3 Å². The molecule has 0 aromatic heterocycles. The molecule has 22 heavy (non-hydrogen) atoms. The summed E-state index contributed by atoms with van der Waals surface area (Å²) in [5.74, 6) is 0.201. The lowest BCUT2D eigenvalue weighted by atomic mass is 9.94. The van der Waals surface area contributed by atoms with Gasteiger partial charge in [-0.15, -0.1) is 0 Å². The Morgan fingerprint density at radius 2 is 1.86 bits per heavy atom. The van der Waals surface area contributed by atoms with Gasteiger partial charge in [-0.3, -0.25) is 0 Å². The number of benzene rings is 1. The van der Waals surface area contributed by atoms with Gasteiger partial charge in [-0.05, 0) is 44.3 Å². The van der Waals surface area contributed by atoms with Gasteiger partial charge >= 0.3 is 0 Å². The zero-order chi connectivity index (χ0) is 16.4. The first-order chi connectivity index (χ1) is 10.2. The Balaban J connectivity index is 2.28. The van der Waals surface area contributed by atoms with E-state index in [4.69, 9.17) is 4.43 Å². The highest BCUT2D eigenvalue weighted by Crippen LogP contribution is 2.34. The third kappa shape index (κ3) is 3.79. The molecule has 2 atom stereocenters. The molecule has 1 aromatic carbocycles. The Morgan fingerprint density at radius 1 is 1.23 bits per heavy atom. The van der Waals surface area contributed by atoms with Crippen LogP contribution in [0.25, 0.3) is 0 Å². The minimum Gasteiger partial charge on any atom is -0.548 e. The van der Waals surface area contributed by atoms with Crippen molar-refractivity contribution in [2.45, 2.75) is 42.6 Å². The number of hydrogen-bond acceptors (Lipinski definition) is 4. The van der Waals surface area contributed by atoms with Gasteiger partial charge in [-0.1, -0.05) is 18.2 Å². The molecule has 0 fully saturated rings. The molecule has 0 spiro atoms. The maximum atomic E-state index is 12.7. The Kier molecular flexibility index (Phi) is 4.78. The summed E-state index contributed by atoms with van der Waals surface area (Å²) >= 11 is 0. The van der Waals surface area contributed by atoms with Gasteiger partial charge in [0.25, 0.3) is 0 Å². The van der Waals surface area contributed by atoms with Gasteiger partial charge in [-0.25, -0.2) is 8.42 Å². The lowest BCUT2D eigenvalue weighted by molar-refractivity contribution is 0.358. The molecule has 0 amide bonds. The fourth-order valence-corrected chi connectivity index (χ4v) is 5.36. The predicted molar refractivity (Wildman–Crippen MR) is 88.3 cm³/mol. The molecule has 118 valence electrons. The highest BCUT2D eigenvalue weighted by atomic mass is 32.2. The first-order valence-electron chi connectivity index (χ1n) is 7.30. The molecule has 6 heteroatoms. The van der Waals surface area contributed by atoms with E-state index in [2.05, 4.69) is 25.7 Å². The molecule has 0 aliphatic heterocycles. The zero-order valence-electron chi connectivity index (χ0n) is 13.1. The van der Waals surface area contributed by atoms with Crippen molar-refractivity contribution in [3.8, 4) is 6.07 Å². The Bertz CT molecular complexity index is 699. The second-order valence-corrected chi connectivity index (χ2v) is 13.1. The van der Waals surface area contributed by atoms with Crippen LogP contribution in [0.15, 0.2) is 47.1 Å². The first kappa shape index (κ1) is 16.8. The van der Waals surface area contributed by atoms with E-state index >= 15 is 0 Å². The van der Waals surface area contributed by atoms with Crippen LogP contribution in [0.5, 0.6) is 0 Å². The minimum absolute atomic E-state index is 0.281. The maximum Gasteiger partial charge on any atom is 0.241 e. The third-order valence-corrected chi connectivity index (χ3v) is 6.64. The van der Waals surface area contributed by atoms with E-state index in [0.717, 1.165) is 5.76 Å². The van der Waals surface area contributed by atoms with Crippen molar-refractivity contribution in [3.63, 3.8) is 0 Å². The summed E-state index contributed by atoms with van der Waals surface area (Å²) in [4.78, 5) is 0.281. The molecule has 1 aliphatic rings. The molecule has 1 aliphatic carbocycles. The SMILES string of the molecule is C[Si](C)(C)OC1=CC[C@H](S(=O)(=O)c2ccccc2)[C@@H](C#N)C1. The number of nitrogens with zero attached hydrogens (tertiary/aromatic N) is 1. The third-order valence-electron chi connectivity index (χ3n) is 3.52. The second kappa shape index (κ2) is 6.27. The van der Waals surface area contributed by atoms with E-state index in [0.29, 0.717) is 12.8 Å². The minimum atomic E-state index is -3.50. The monoisotopic (exact) mass is 335 g/mol. The van der Waals surface area contributed by atoms with Gasteiger partial charge in [0.1, 0.15) is 0 Å². The van der Waals surface area contributed by atoms with Crippen molar-refractivity contribution in [3.05, 3.63) is 42.2 Å². The van der Waals surface area contributed by atoms with Crippen LogP contribution in [0.3, 0.4) is 0 Å². The standard InChI is InChI=1S/C16H21NO3SSi/c1-22(2,3)20-14-9-10-16(13(11-14)12-17)21(18,19)15-7-5-4-6-8-15/h4-9,13,16H,10-11H2,1-3H3/t13-,16+/m1/s1. The van der Waals surface area contributed by atoms with E-state index in [1.165, 1.54) is 0 Å². The lowest BCUT2D eigenvalue weighted by Gasteiger charge is -2.30. The summed E-state index contributed by atoms with van der Waals surface area (Å²) < 4.78 is 31.4. The van der Waals surface area contributed by atoms with Gasteiger partial charge in [0.2, 0.25) is 8.32 Å². The van der Waals surface area contributed by atoms with Crippen LogP contribution in [0.2, 0.25) is 19.6 Å². The predicted octanol–water partition coefficient (Wildman–Crippen LogP) is 3.50. The van der Waals surface area contributed by atoms with Crippen LogP contribution in [-0.2, 0) is 14.3 Å². The van der Waals surface area contributed by atoms with Crippen molar-refractivity contribution >= 4 is 18.2 Å². The molecule has 0 saturated carbocycles. The molecule has 4 nitrogen and oxygen atoms in total. The Labute approximate surface area is 133 Å². The maximum absolute atomic E-state index is 12.7. The molecule has 0 heterocycles. The van der Waals surface area contributed by atoms with E-state index in [-0.39, 0.29) is 4.90 Å². The van der Waals surface area contributed by atoms with Gasteiger partial charge in [0.15, 0.2) is 9.84 Å². The molecular weight excluding hydrogens is 314 g/mol. The van der Waals surface area contributed by atoms with E-state index in [1.807, 2.05) is 6.08 Å². The average Bonchev–Trinajstić information content (AvgIpc) is 2.46. The van der Waals surface area contributed by atoms with Crippen LogP contribution in [0, 0.1) is 17.2 Å². The van der Waals surface area contributed by atoms with E-state index in [9.17, 15) is 13.7 Å². The first-order valence-corrected chi connectivity index (χ1v) is 12.3. The summed E-state index contributed by atoms with van der Waals surface area (Å²) in [5, 5.41) is 8.70. The summed E-state index contributed by atoms with van der Waals surface area (Å²) in [6.07, 6.45) is 2.55. The highest BCUT2D eigenvalue weighted by molar-refractivity contribution is 7.92. The summed E-state index contributed by atoms with van der Waals surface area (Å²) in [6.45, 7) is 6.21. The quantitative estimate of drug-likeness (QED) is 0.790. The largest absolute Gasteiger partial charge is 0.548 e. The summed E-state index contributed by atoms with van der Waals surface area (Å²) in [5.41, 5.74) is 0. The van der Waals surface area contributed by atoms with Crippen LogP contribution in [-0.4, -0.2) is 22.0 Å². The average molecular weight is 336 g/mol. The number of hydrogen-bond donors (Lipinski definition) is 0. The summed E-state index contributed by atoms with van der Waals surface area (Å²) in [7, 11) is -5.25. The van der Waals surface area contributed by atoms with Crippen LogP contribution < -0.4 is 0 Å². The second-order valence-electron chi connectivity index (χ2n) is 6.46. The van der Waals surface area contributed by atoms with Crippen molar-refractivity contribution in [2.75, 3.05) is 0 Å². The number of sulfone groups is 1. The molecule has 0 N–H and O–H groups in total. The fraction of sp³-hybridized carbons (Fsp3) is 0.438. The fourth-order valence-electron chi connectivity index (χ4n) is 2.58. The number of allylic oxidation sites excluding steroid dienone is 2. The Morgan fingerprint density at radius 3 is 2.41 bits per heavy atom. The molecule has 2 rings (SSSR count). The zero-order valence-corrected chi connectivity index (χ0v) is 14.9. The molecule has 0 saturated heterocycles. The molecule has 0 bridgehead atoms. The van der Waals surface area contributed by atoms with E-state index < -0.39 is 29.3 Å². The Hall–Kier alpha value is -1.58. The number of rotatable bonds is 4.